The number of aromatic amines is 1. The number of H-pyrrole nitrogens is 1. The average molecular weight is 473 g/mol. The molecule has 0 aromatic carbocycles. The number of hydrogen-bond acceptors (Lipinski definition) is 6. The maximum absolute atomic E-state index is 6.67. The molecule has 0 spiro atoms. The van der Waals surface area contributed by atoms with Gasteiger partial charge in [-0.05, 0) is 43.7 Å². The molecule has 6 heterocycles. The van der Waals surface area contributed by atoms with E-state index in [1.165, 1.54) is 17.8 Å². The van der Waals surface area contributed by atoms with E-state index in [1.54, 1.807) is 10.7 Å². The molecule has 7 rings (SSSR count). The summed E-state index contributed by atoms with van der Waals surface area (Å²) in [6.07, 6.45) is 11.1. The van der Waals surface area contributed by atoms with Crippen LogP contribution in [0, 0.1) is 17.3 Å². The zero-order chi connectivity index (χ0) is 23.0. The second-order valence-electron chi connectivity index (χ2n) is 9.65. The highest BCUT2D eigenvalue weighted by molar-refractivity contribution is 6.36. The van der Waals surface area contributed by atoms with E-state index in [2.05, 4.69) is 40.1 Å². The summed E-state index contributed by atoms with van der Waals surface area (Å²) in [5.41, 5.74) is 6.62. The SMILES string of the molecule is CC[C@]1(C2=NC(C)=CC2)C2CCN(c3cnc4c(-c5ccn6nccc6c5Cl)[nH]nc4n3)CC21. The largest absolute Gasteiger partial charge is 0.355 e. The van der Waals surface area contributed by atoms with E-state index in [0.29, 0.717) is 16.6 Å². The molecular weight excluding hydrogens is 448 g/mol. The molecular formula is C25H25ClN8. The Labute approximate surface area is 201 Å². The number of anilines is 1. The third-order valence-corrected chi connectivity index (χ3v) is 8.61. The van der Waals surface area contributed by atoms with Gasteiger partial charge in [-0.15, -0.1) is 0 Å². The van der Waals surface area contributed by atoms with Crippen LogP contribution in [0.15, 0.2) is 47.5 Å². The standard InChI is InChI=1S/C25H25ClN8/c1-3-25(19-5-4-14(2)29-19)16-8-10-33(13-17(16)25)20-12-27-23-22(31-32-24(23)30-20)15-7-11-34-18(21(15)26)6-9-28-34/h4,6-7,9,11-12,16-17H,3,5,8,10,13H2,1-2H3,(H,30,31,32)/t16?,17?,25-/m0/s1. The smallest absolute Gasteiger partial charge is 0.202 e. The van der Waals surface area contributed by atoms with Crippen molar-refractivity contribution in [1.29, 1.82) is 0 Å². The zero-order valence-electron chi connectivity index (χ0n) is 19.2. The topological polar surface area (TPSA) is 87.4 Å². The average Bonchev–Trinajstić information content (AvgIpc) is 3.32. The van der Waals surface area contributed by atoms with Gasteiger partial charge in [-0.3, -0.25) is 10.1 Å². The van der Waals surface area contributed by atoms with Crippen molar-refractivity contribution >= 4 is 39.8 Å². The molecule has 4 aromatic heterocycles. The third-order valence-electron chi connectivity index (χ3n) is 8.21. The first-order chi connectivity index (χ1) is 16.6. The second-order valence-corrected chi connectivity index (χ2v) is 10.0. The van der Waals surface area contributed by atoms with Crippen molar-refractivity contribution in [3.05, 3.63) is 47.5 Å². The fraction of sp³-hybridized carbons (Fsp3) is 0.400. The Morgan fingerprint density at radius 2 is 2.18 bits per heavy atom. The molecule has 0 bridgehead atoms. The fourth-order valence-corrected chi connectivity index (χ4v) is 6.77. The maximum atomic E-state index is 6.67. The van der Waals surface area contributed by atoms with Crippen molar-refractivity contribution in [2.24, 2.45) is 22.2 Å². The van der Waals surface area contributed by atoms with Crippen molar-refractivity contribution in [3.63, 3.8) is 0 Å². The summed E-state index contributed by atoms with van der Waals surface area (Å²) in [6, 6.07) is 3.82. The minimum absolute atomic E-state index is 0.267. The summed E-state index contributed by atoms with van der Waals surface area (Å²) in [5.74, 6) is 2.26. The number of halogens is 1. The van der Waals surface area contributed by atoms with Crippen molar-refractivity contribution in [2.45, 2.75) is 33.1 Å². The number of aromatic nitrogens is 6. The number of hydrogen-bond donors (Lipinski definition) is 1. The molecule has 4 aromatic rings. The summed E-state index contributed by atoms with van der Waals surface area (Å²) in [4.78, 5) is 16.9. The Morgan fingerprint density at radius 1 is 1.26 bits per heavy atom. The van der Waals surface area contributed by atoms with Gasteiger partial charge in [-0.2, -0.15) is 10.2 Å². The number of nitrogens with one attached hydrogen (secondary N) is 1. The van der Waals surface area contributed by atoms with Gasteiger partial charge in [0.05, 0.1) is 28.6 Å². The van der Waals surface area contributed by atoms with Gasteiger partial charge in [-0.1, -0.05) is 24.6 Å². The van der Waals surface area contributed by atoms with Gasteiger partial charge in [0.2, 0.25) is 5.65 Å². The molecule has 1 N–H and O–H groups in total. The molecule has 172 valence electrons. The number of piperidine rings is 1. The van der Waals surface area contributed by atoms with Crippen LogP contribution in [-0.2, 0) is 0 Å². The molecule has 1 saturated carbocycles. The molecule has 2 unspecified atom stereocenters. The van der Waals surface area contributed by atoms with E-state index in [1.807, 2.05) is 24.5 Å². The first-order valence-corrected chi connectivity index (χ1v) is 12.3. The first kappa shape index (κ1) is 20.1. The minimum atomic E-state index is 0.267. The van der Waals surface area contributed by atoms with Crippen LogP contribution in [0.4, 0.5) is 5.82 Å². The Morgan fingerprint density at radius 3 is 3.00 bits per heavy atom. The van der Waals surface area contributed by atoms with E-state index >= 15 is 0 Å². The van der Waals surface area contributed by atoms with Gasteiger partial charge >= 0.3 is 0 Å². The first-order valence-electron chi connectivity index (χ1n) is 11.9. The van der Waals surface area contributed by atoms with Crippen LogP contribution in [0.3, 0.4) is 0 Å². The summed E-state index contributed by atoms with van der Waals surface area (Å²) in [6.45, 7) is 6.42. The third kappa shape index (κ3) is 2.69. The molecule has 9 heteroatoms. The van der Waals surface area contributed by atoms with E-state index in [4.69, 9.17) is 26.6 Å². The maximum Gasteiger partial charge on any atom is 0.202 e. The van der Waals surface area contributed by atoms with Crippen LogP contribution in [0.1, 0.15) is 33.1 Å². The lowest BCUT2D eigenvalue weighted by atomic mass is 9.90. The number of aliphatic imine (C=N–C) groups is 1. The lowest BCUT2D eigenvalue weighted by Gasteiger charge is -2.26. The van der Waals surface area contributed by atoms with Crippen LogP contribution in [0.2, 0.25) is 5.02 Å². The second kappa shape index (κ2) is 7.12. The van der Waals surface area contributed by atoms with Gasteiger partial charge in [0.1, 0.15) is 11.3 Å². The summed E-state index contributed by atoms with van der Waals surface area (Å²) in [5, 5.41) is 12.4. The Bertz CT molecular complexity index is 1510. The van der Waals surface area contributed by atoms with E-state index in [-0.39, 0.29) is 5.41 Å². The number of rotatable bonds is 4. The van der Waals surface area contributed by atoms with Gasteiger partial charge in [-0.25, -0.2) is 14.5 Å². The lowest BCUT2D eigenvalue weighted by Crippen LogP contribution is -2.32. The number of fused-ring (bicyclic) bond motifs is 3. The summed E-state index contributed by atoms with van der Waals surface area (Å²) >= 11 is 6.67. The molecule has 34 heavy (non-hydrogen) atoms. The van der Waals surface area contributed by atoms with Gasteiger partial charge in [0, 0.05) is 48.1 Å². The monoisotopic (exact) mass is 472 g/mol. The van der Waals surface area contributed by atoms with Crippen molar-refractivity contribution in [1.82, 2.24) is 29.8 Å². The van der Waals surface area contributed by atoms with Crippen molar-refractivity contribution in [2.75, 3.05) is 18.0 Å². The van der Waals surface area contributed by atoms with E-state index < -0.39 is 0 Å². The van der Waals surface area contributed by atoms with Crippen LogP contribution in [-0.4, -0.2) is 48.6 Å². The molecule has 3 aliphatic rings. The number of allylic oxidation sites excluding steroid dienone is 2. The quantitative estimate of drug-likeness (QED) is 0.455. The highest BCUT2D eigenvalue weighted by Crippen LogP contribution is 2.66. The van der Waals surface area contributed by atoms with Crippen LogP contribution in [0.25, 0.3) is 27.9 Å². The Hall–Kier alpha value is -3.26. The molecule has 1 aliphatic carbocycles. The number of nitrogens with zero attached hydrogens (tertiary/aromatic N) is 7. The molecule has 1 saturated heterocycles. The fourth-order valence-electron chi connectivity index (χ4n) is 6.47. The molecule has 3 atom stereocenters. The summed E-state index contributed by atoms with van der Waals surface area (Å²) in [7, 11) is 0. The van der Waals surface area contributed by atoms with Crippen LogP contribution in [0.5, 0.6) is 0 Å². The normalized spacial score (nSPS) is 26.1. The Kier molecular flexibility index (Phi) is 4.22. The zero-order valence-corrected chi connectivity index (χ0v) is 19.9. The van der Waals surface area contributed by atoms with Crippen LogP contribution < -0.4 is 4.90 Å². The Balaban J connectivity index is 1.18. The minimum Gasteiger partial charge on any atom is -0.355 e. The molecule has 8 nitrogen and oxygen atoms in total. The highest BCUT2D eigenvalue weighted by atomic mass is 35.5. The van der Waals surface area contributed by atoms with Crippen molar-refractivity contribution in [3.8, 4) is 11.3 Å². The molecule has 0 amide bonds. The molecule has 2 fully saturated rings. The van der Waals surface area contributed by atoms with Gasteiger partial charge in [0.15, 0.2) is 0 Å². The number of pyridine rings is 1. The van der Waals surface area contributed by atoms with E-state index in [0.717, 1.165) is 60.0 Å². The van der Waals surface area contributed by atoms with Gasteiger partial charge in [0.25, 0.3) is 0 Å². The summed E-state index contributed by atoms with van der Waals surface area (Å²) < 4.78 is 1.75. The van der Waals surface area contributed by atoms with E-state index in [9.17, 15) is 0 Å². The lowest BCUT2D eigenvalue weighted by molar-refractivity contribution is 0.543. The van der Waals surface area contributed by atoms with Crippen LogP contribution >= 0.6 is 11.6 Å². The highest BCUT2D eigenvalue weighted by Gasteiger charge is 2.66. The predicted molar refractivity (Wildman–Crippen MR) is 133 cm³/mol. The molecule has 2 aliphatic heterocycles. The predicted octanol–water partition coefficient (Wildman–Crippen LogP) is 4.92. The van der Waals surface area contributed by atoms with Crippen molar-refractivity contribution < 1.29 is 0 Å². The molecule has 0 radical (unpaired) electrons. The van der Waals surface area contributed by atoms with Gasteiger partial charge < -0.3 is 4.90 Å².